The normalized spacial score (nSPS) is 24.9. The Hall–Kier alpha value is -3.60. The first-order valence-electron chi connectivity index (χ1n) is 12.8. The van der Waals surface area contributed by atoms with E-state index in [-0.39, 0.29) is 35.6 Å². The molecule has 37 heavy (non-hydrogen) atoms. The van der Waals surface area contributed by atoms with Crippen molar-refractivity contribution in [3.05, 3.63) is 41.3 Å². The minimum atomic E-state index is -0.941. The fourth-order valence-electron chi connectivity index (χ4n) is 5.72. The Balaban J connectivity index is 1.07. The Bertz CT molecular complexity index is 1350. The number of aromatic amines is 1. The van der Waals surface area contributed by atoms with Gasteiger partial charge in [0.15, 0.2) is 0 Å². The second-order valence-electron chi connectivity index (χ2n) is 11.5. The third kappa shape index (κ3) is 4.52. The van der Waals surface area contributed by atoms with Gasteiger partial charge in [0.25, 0.3) is 11.8 Å². The number of aromatic nitrogens is 4. The van der Waals surface area contributed by atoms with E-state index in [1.807, 2.05) is 16.6 Å². The van der Waals surface area contributed by atoms with E-state index in [1.165, 1.54) is 6.20 Å². The summed E-state index contributed by atoms with van der Waals surface area (Å²) in [6.07, 6.45) is 8.63. The van der Waals surface area contributed by atoms with Crippen molar-refractivity contribution in [2.24, 2.45) is 11.1 Å². The molecule has 0 bridgehead atoms. The first-order chi connectivity index (χ1) is 17.6. The molecule has 11 heteroatoms. The molecule has 3 aliphatic carbocycles. The number of primary amides is 1. The number of ether oxygens (including phenoxy) is 2. The molecule has 3 fully saturated rings. The highest BCUT2D eigenvalue weighted by atomic mass is 16.5. The largest absolute Gasteiger partial charge is 0.489 e. The first-order valence-corrected chi connectivity index (χ1v) is 12.8. The van der Waals surface area contributed by atoms with Crippen molar-refractivity contribution >= 4 is 17.3 Å². The molecule has 0 saturated heterocycles. The van der Waals surface area contributed by atoms with Gasteiger partial charge in [-0.15, -0.1) is 0 Å². The zero-order chi connectivity index (χ0) is 25.9. The van der Waals surface area contributed by atoms with E-state index >= 15 is 0 Å². The second kappa shape index (κ2) is 8.47. The van der Waals surface area contributed by atoms with Gasteiger partial charge >= 0.3 is 0 Å². The van der Waals surface area contributed by atoms with Crippen LogP contribution in [0.1, 0.15) is 84.7 Å². The van der Waals surface area contributed by atoms with E-state index in [9.17, 15) is 14.7 Å². The van der Waals surface area contributed by atoms with Crippen LogP contribution in [0.3, 0.4) is 0 Å². The molecular formula is C26H32N6O5. The number of pyridine rings is 1. The molecule has 5 N–H and O–H groups in total. The van der Waals surface area contributed by atoms with Crippen molar-refractivity contribution in [3.63, 3.8) is 0 Å². The monoisotopic (exact) mass is 508 g/mol. The summed E-state index contributed by atoms with van der Waals surface area (Å²) < 4.78 is 13.6. The van der Waals surface area contributed by atoms with Gasteiger partial charge in [0.05, 0.1) is 34.8 Å². The van der Waals surface area contributed by atoms with Gasteiger partial charge in [0.1, 0.15) is 24.0 Å². The molecule has 0 radical (unpaired) electrons. The van der Waals surface area contributed by atoms with Crippen molar-refractivity contribution < 1.29 is 24.2 Å². The van der Waals surface area contributed by atoms with E-state index in [0.29, 0.717) is 23.1 Å². The number of hydrogen-bond donors (Lipinski definition) is 4. The van der Waals surface area contributed by atoms with Crippen molar-refractivity contribution in [3.8, 4) is 11.6 Å². The van der Waals surface area contributed by atoms with Crippen molar-refractivity contribution in [2.75, 3.05) is 6.61 Å². The maximum Gasteiger partial charge on any atom is 0.255 e. The molecule has 1 spiro atoms. The summed E-state index contributed by atoms with van der Waals surface area (Å²) in [4.78, 5) is 24.6. The number of rotatable bonds is 9. The van der Waals surface area contributed by atoms with Crippen LogP contribution in [-0.4, -0.2) is 61.1 Å². The maximum atomic E-state index is 13.1. The summed E-state index contributed by atoms with van der Waals surface area (Å²) in [6, 6.07) is 3.84. The SMILES string of the molecule is CC(C)(O)COc1ccc2c(C(=O)NC3CC4(C3)CC(Oc3[nH]ncc3C(N)=O)C4)cnn2c1C1CC1. The molecule has 0 aromatic carbocycles. The fourth-order valence-corrected chi connectivity index (χ4v) is 5.72. The average molecular weight is 509 g/mol. The lowest BCUT2D eigenvalue weighted by molar-refractivity contribution is -0.0848. The van der Waals surface area contributed by atoms with Crippen LogP contribution >= 0.6 is 0 Å². The fraction of sp³-hybridized carbons (Fsp3) is 0.538. The molecule has 196 valence electrons. The minimum Gasteiger partial charge on any atom is -0.489 e. The zero-order valence-electron chi connectivity index (χ0n) is 21.0. The molecule has 3 aromatic rings. The summed E-state index contributed by atoms with van der Waals surface area (Å²) in [7, 11) is 0. The van der Waals surface area contributed by atoms with E-state index in [0.717, 1.165) is 49.7 Å². The molecule has 0 aliphatic heterocycles. The Labute approximate surface area is 213 Å². The zero-order valence-corrected chi connectivity index (χ0v) is 21.0. The lowest BCUT2D eigenvalue weighted by atomic mass is 9.53. The van der Waals surface area contributed by atoms with E-state index in [2.05, 4.69) is 20.6 Å². The van der Waals surface area contributed by atoms with Crippen molar-refractivity contribution in [1.82, 2.24) is 25.1 Å². The quantitative estimate of drug-likeness (QED) is 0.345. The summed E-state index contributed by atoms with van der Waals surface area (Å²) in [5.41, 5.74) is 7.09. The number of fused-ring (bicyclic) bond motifs is 1. The van der Waals surface area contributed by atoms with Crippen LogP contribution in [0.2, 0.25) is 0 Å². The number of nitrogens with zero attached hydrogens (tertiary/aromatic N) is 3. The molecular weight excluding hydrogens is 476 g/mol. The van der Waals surface area contributed by atoms with Gasteiger partial charge in [0, 0.05) is 12.0 Å². The van der Waals surface area contributed by atoms with Gasteiger partial charge < -0.3 is 25.6 Å². The lowest BCUT2D eigenvalue weighted by Crippen LogP contribution is -2.58. The third-order valence-electron chi connectivity index (χ3n) is 7.64. The average Bonchev–Trinajstić information content (AvgIpc) is 3.34. The Morgan fingerprint density at radius 1 is 1.22 bits per heavy atom. The number of hydrogen-bond acceptors (Lipinski definition) is 7. The molecule has 11 nitrogen and oxygen atoms in total. The number of nitrogens with two attached hydrogens (primary N) is 1. The molecule has 6 rings (SSSR count). The van der Waals surface area contributed by atoms with Crippen molar-refractivity contribution in [1.29, 1.82) is 0 Å². The highest BCUT2D eigenvalue weighted by Gasteiger charge is 2.54. The summed E-state index contributed by atoms with van der Waals surface area (Å²) in [5.74, 6) is 0.672. The number of carbonyl (C=O) groups is 2. The molecule has 0 unspecified atom stereocenters. The van der Waals surface area contributed by atoms with Gasteiger partial charge in [-0.2, -0.15) is 10.2 Å². The van der Waals surface area contributed by atoms with Crippen LogP contribution < -0.4 is 20.5 Å². The second-order valence-corrected chi connectivity index (χ2v) is 11.5. The van der Waals surface area contributed by atoms with Crippen LogP contribution in [0.25, 0.3) is 5.52 Å². The van der Waals surface area contributed by atoms with Gasteiger partial charge in [-0.3, -0.25) is 9.59 Å². The first kappa shape index (κ1) is 23.8. The van der Waals surface area contributed by atoms with Gasteiger partial charge in [-0.1, -0.05) is 0 Å². The highest BCUT2D eigenvalue weighted by molar-refractivity contribution is 6.01. The number of aliphatic hydroxyl groups is 1. The molecule has 3 heterocycles. The third-order valence-corrected chi connectivity index (χ3v) is 7.64. The van der Waals surface area contributed by atoms with Crippen LogP contribution in [0.5, 0.6) is 11.6 Å². The van der Waals surface area contributed by atoms with Gasteiger partial charge in [-0.25, -0.2) is 9.61 Å². The molecule has 3 saturated carbocycles. The Morgan fingerprint density at radius 3 is 2.65 bits per heavy atom. The lowest BCUT2D eigenvalue weighted by Gasteiger charge is -2.57. The standard InChI is InChI=1S/C26H32N6O5/c1-25(2,35)13-36-20-6-5-19-17(12-29-32(19)21(20)14-3-4-14)23(34)30-15-7-26(8-15)9-16(10-26)37-24-18(22(27)33)11-28-31-24/h5-6,11-12,14-16,35H,3-4,7-10,13H2,1-2H3,(H2,27,33)(H,28,31)(H,30,34). The molecule has 2 amide bonds. The number of amides is 2. The molecule has 0 atom stereocenters. The Kier molecular flexibility index (Phi) is 5.45. The topological polar surface area (TPSA) is 157 Å². The summed E-state index contributed by atoms with van der Waals surface area (Å²) in [5, 5.41) is 24.3. The van der Waals surface area contributed by atoms with E-state index in [4.69, 9.17) is 15.2 Å². The number of carbonyl (C=O) groups excluding carboxylic acids is 2. The molecule has 3 aliphatic rings. The van der Waals surface area contributed by atoms with Crippen LogP contribution in [-0.2, 0) is 0 Å². The number of H-pyrrole nitrogens is 1. The summed E-state index contributed by atoms with van der Waals surface area (Å²) in [6.45, 7) is 3.59. The Morgan fingerprint density at radius 2 is 1.97 bits per heavy atom. The summed E-state index contributed by atoms with van der Waals surface area (Å²) >= 11 is 0. The van der Waals surface area contributed by atoms with E-state index < -0.39 is 11.5 Å². The van der Waals surface area contributed by atoms with Gasteiger partial charge in [-0.05, 0) is 69.9 Å². The predicted molar refractivity (Wildman–Crippen MR) is 133 cm³/mol. The smallest absolute Gasteiger partial charge is 0.255 e. The van der Waals surface area contributed by atoms with E-state index in [1.54, 1.807) is 20.0 Å². The predicted octanol–water partition coefficient (Wildman–Crippen LogP) is 2.30. The van der Waals surface area contributed by atoms with Crippen LogP contribution in [0, 0.1) is 5.41 Å². The van der Waals surface area contributed by atoms with Crippen molar-refractivity contribution in [2.45, 2.75) is 76.0 Å². The minimum absolute atomic E-state index is 0.00323. The highest BCUT2D eigenvalue weighted by Crippen LogP contribution is 2.57. The van der Waals surface area contributed by atoms with Gasteiger partial charge in [0.2, 0.25) is 5.88 Å². The van der Waals surface area contributed by atoms with Crippen LogP contribution in [0.4, 0.5) is 0 Å². The number of nitrogens with one attached hydrogen (secondary N) is 2. The maximum absolute atomic E-state index is 13.1. The van der Waals surface area contributed by atoms with Crippen LogP contribution in [0.15, 0.2) is 24.5 Å². The molecule has 3 aromatic heterocycles.